The van der Waals surface area contributed by atoms with Crippen LogP contribution in [0.4, 0.5) is 0 Å². The van der Waals surface area contributed by atoms with E-state index in [0.29, 0.717) is 12.5 Å². The van der Waals surface area contributed by atoms with Gasteiger partial charge in [0.05, 0.1) is 5.56 Å². The highest BCUT2D eigenvalue weighted by Crippen LogP contribution is 2.23. The number of benzene rings is 1. The minimum atomic E-state index is 0.0730. The summed E-state index contributed by atoms with van der Waals surface area (Å²) in [6.07, 6.45) is 0.999. The van der Waals surface area contributed by atoms with E-state index in [1.807, 2.05) is 30.0 Å². The molecular weight excluding hydrogens is 292 g/mol. The largest absolute Gasteiger partial charge is 0.337 e. The fourth-order valence-corrected chi connectivity index (χ4v) is 3.19. The predicted octanol–water partition coefficient (Wildman–Crippen LogP) is 2.57. The first-order chi connectivity index (χ1) is 8.47. The highest BCUT2D eigenvalue weighted by molar-refractivity contribution is 9.10. The quantitative estimate of drug-likeness (QED) is 0.866. The molecule has 0 spiro atoms. The van der Waals surface area contributed by atoms with Crippen LogP contribution in [0, 0.1) is 12.8 Å². The predicted molar refractivity (Wildman–Crippen MR) is 76.5 cm³/mol. The lowest BCUT2D eigenvalue weighted by molar-refractivity contribution is 0.0660. The number of hydrogen-bond acceptors (Lipinski definition) is 2. The smallest absolute Gasteiger partial charge is 0.255 e. The van der Waals surface area contributed by atoms with Crippen LogP contribution in [-0.2, 0) is 0 Å². The normalized spacial score (nSPS) is 24.1. The van der Waals surface area contributed by atoms with Crippen molar-refractivity contribution < 1.29 is 4.79 Å². The summed E-state index contributed by atoms with van der Waals surface area (Å²) in [4.78, 5) is 14.3. The molecule has 2 N–H and O–H groups in total. The summed E-state index contributed by atoms with van der Waals surface area (Å²) in [5, 5.41) is 0. The fourth-order valence-electron chi connectivity index (χ4n) is 2.53. The Kier molecular flexibility index (Phi) is 4.07. The van der Waals surface area contributed by atoms with E-state index >= 15 is 0 Å². The summed E-state index contributed by atoms with van der Waals surface area (Å²) in [6.45, 7) is 5.61. The van der Waals surface area contributed by atoms with Crippen LogP contribution in [0.25, 0.3) is 0 Å². The Balaban J connectivity index is 2.20. The Morgan fingerprint density at radius 3 is 2.78 bits per heavy atom. The van der Waals surface area contributed by atoms with E-state index in [9.17, 15) is 4.79 Å². The van der Waals surface area contributed by atoms with Gasteiger partial charge in [0.1, 0.15) is 0 Å². The molecule has 0 aliphatic carbocycles. The van der Waals surface area contributed by atoms with Crippen molar-refractivity contribution in [2.45, 2.75) is 26.3 Å². The van der Waals surface area contributed by atoms with Crippen molar-refractivity contribution in [1.82, 2.24) is 4.90 Å². The van der Waals surface area contributed by atoms with Crippen LogP contribution in [-0.4, -0.2) is 29.9 Å². The Morgan fingerprint density at radius 1 is 1.44 bits per heavy atom. The van der Waals surface area contributed by atoms with Crippen LogP contribution in [0.3, 0.4) is 0 Å². The third-order valence-corrected chi connectivity index (χ3v) is 3.99. The number of likely N-dealkylation sites (tertiary alicyclic amines) is 1. The molecule has 1 amide bonds. The molecule has 1 heterocycles. The number of halogens is 1. The summed E-state index contributed by atoms with van der Waals surface area (Å²) >= 11 is 3.47. The molecule has 0 radical (unpaired) electrons. The maximum Gasteiger partial charge on any atom is 0.255 e. The lowest BCUT2D eigenvalue weighted by Crippen LogP contribution is -2.48. The Labute approximate surface area is 116 Å². The molecule has 0 aromatic heterocycles. The van der Waals surface area contributed by atoms with Crippen LogP contribution >= 0.6 is 15.9 Å². The van der Waals surface area contributed by atoms with Gasteiger partial charge in [0, 0.05) is 23.6 Å². The zero-order valence-corrected chi connectivity index (χ0v) is 12.4. The Bertz CT molecular complexity index is 451. The molecule has 0 saturated carbocycles. The van der Waals surface area contributed by atoms with Crippen molar-refractivity contribution >= 4 is 21.8 Å². The van der Waals surface area contributed by atoms with E-state index < -0.39 is 0 Å². The monoisotopic (exact) mass is 310 g/mol. The van der Waals surface area contributed by atoms with Gasteiger partial charge in [0.2, 0.25) is 0 Å². The standard InChI is InChI=1S/C14H19BrN2O/c1-9-3-4-12(13(15)6-9)14(18)17-7-10(2)5-11(16)8-17/h3-4,6,10-11H,5,7-8,16H2,1-2H3. The highest BCUT2D eigenvalue weighted by atomic mass is 79.9. The molecule has 1 aliphatic rings. The molecule has 2 atom stereocenters. The average Bonchev–Trinajstić information content (AvgIpc) is 2.26. The molecule has 1 saturated heterocycles. The third kappa shape index (κ3) is 2.93. The number of carbonyl (C=O) groups is 1. The van der Waals surface area contributed by atoms with Gasteiger partial charge in [-0.15, -0.1) is 0 Å². The molecule has 1 fully saturated rings. The molecule has 2 rings (SSSR count). The number of rotatable bonds is 1. The number of nitrogens with zero attached hydrogens (tertiary/aromatic N) is 1. The number of amides is 1. The van der Waals surface area contributed by atoms with Crippen molar-refractivity contribution in [2.24, 2.45) is 11.7 Å². The SMILES string of the molecule is Cc1ccc(C(=O)N2CC(C)CC(N)C2)c(Br)c1. The zero-order valence-electron chi connectivity index (χ0n) is 10.8. The topological polar surface area (TPSA) is 46.3 Å². The van der Waals surface area contributed by atoms with Gasteiger partial charge < -0.3 is 10.6 Å². The van der Waals surface area contributed by atoms with Crippen molar-refractivity contribution in [1.29, 1.82) is 0 Å². The molecule has 18 heavy (non-hydrogen) atoms. The Hall–Kier alpha value is -0.870. The van der Waals surface area contributed by atoms with Crippen LogP contribution in [0.1, 0.15) is 29.3 Å². The van der Waals surface area contributed by atoms with Gasteiger partial charge in [-0.3, -0.25) is 4.79 Å². The second kappa shape index (κ2) is 5.41. The number of hydrogen-bond donors (Lipinski definition) is 1. The first-order valence-electron chi connectivity index (χ1n) is 6.28. The lowest BCUT2D eigenvalue weighted by atomic mass is 9.96. The molecule has 1 aliphatic heterocycles. The van der Waals surface area contributed by atoms with Crippen LogP contribution in [0.2, 0.25) is 0 Å². The van der Waals surface area contributed by atoms with Gasteiger partial charge in [-0.05, 0) is 52.9 Å². The van der Waals surface area contributed by atoms with Gasteiger partial charge in [-0.2, -0.15) is 0 Å². The minimum Gasteiger partial charge on any atom is -0.337 e. The molecule has 98 valence electrons. The van der Waals surface area contributed by atoms with Crippen LogP contribution in [0.15, 0.2) is 22.7 Å². The van der Waals surface area contributed by atoms with E-state index in [2.05, 4.69) is 22.9 Å². The van der Waals surface area contributed by atoms with Gasteiger partial charge in [0.25, 0.3) is 5.91 Å². The van der Waals surface area contributed by atoms with Crippen molar-refractivity contribution in [2.75, 3.05) is 13.1 Å². The van der Waals surface area contributed by atoms with Crippen LogP contribution < -0.4 is 5.73 Å². The van der Waals surface area contributed by atoms with Gasteiger partial charge >= 0.3 is 0 Å². The molecule has 4 heteroatoms. The number of aryl methyl sites for hydroxylation is 1. The van der Waals surface area contributed by atoms with Crippen LogP contribution in [0.5, 0.6) is 0 Å². The molecule has 1 aromatic rings. The molecule has 2 unspecified atom stereocenters. The zero-order chi connectivity index (χ0) is 13.3. The second-order valence-corrected chi connectivity index (χ2v) is 6.15. The van der Waals surface area contributed by atoms with Crippen molar-refractivity contribution in [3.8, 4) is 0 Å². The van der Waals surface area contributed by atoms with Crippen molar-refractivity contribution in [3.05, 3.63) is 33.8 Å². The number of piperidine rings is 1. The maximum absolute atomic E-state index is 12.5. The third-order valence-electron chi connectivity index (χ3n) is 3.33. The highest BCUT2D eigenvalue weighted by Gasteiger charge is 2.27. The lowest BCUT2D eigenvalue weighted by Gasteiger charge is -2.35. The Morgan fingerprint density at radius 2 is 2.17 bits per heavy atom. The first-order valence-corrected chi connectivity index (χ1v) is 7.07. The van der Waals surface area contributed by atoms with E-state index in [-0.39, 0.29) is 11.9 Å². The van der Waals surface area contributed by atoms with Gasteiger partial charge in [0.15, 0.2) is 0 Å². The summed E-state index contributed by atoms with van der Waals surface area (Å²) < 4.78 is 0.860. The van der Waals surface area contributed by atoms with Gasteiger partial charge in [-0.25, -0.2) is 0 Å². The molecule has 1 aromatic carbocycles. The summed E-state index contributed by atoms with van der Waals surface area (Å²) in [5.74, 6) is 0.547. The van der Waals surface area contributed by atoms with Gasteiger partial charge in [-0.1, -0.05) is 13.0 Å². The van der Waals surface area contributed by atoms with E-state index in [1.165, 1.54) is 0 Å². The summed E-state index contributed by atoms with van der Waals surface area (Å²) in [7, 11) is 0. The first kappa shape index (κ1) is 13.6. The van der Waals surface area contributed by atoms with E-state index in [0.717, 1.165) is 28.6 Å². The van der Waals surface area contributed by atoms with E-state index in [1.54, 1.807) is 0 Å². The molecule has 0 bridgehead atoms. The average molecular weight is 311 g/mol. The second-order valence-electron chi connectivity index (χ2n) is 5.29. The van der Waals surface area contributed by atoms with Crippen molar-refractivity contribution in [3.63, 3.8) is 0 Å². The summed E-state index contributed by atoms with van der Waals surface area (Å²) in [6, 6.07) is 5.92. The number of nitrogens with two attached hydrogens (primary N) is 1. The fraction of sp³-hybridized carbons (Fsp3) is 0.500. The van der Waals surface area contributed by atoms with E-state index in [4.69, 9.17) is 5.73 Å². The number of carbonyl (C=O) groups excluding carboxylic acids is 1. The summed E-state index contributed by atoms with van der Waals surface area (Å²) in [5.41, 5.74) is 7.85. The molecular formula is C14H19BrN2O. The molecule has 3 nitrogen and oxygen atoms in total. The maximum atomic E-state index is 12.5. The minimum absolute atomic E-state index is 0.0730.